The summed E-state index contributed by atoms with van der Waals surface area (Å²) < 4.78 is 0. The molecular formula is C14H22. The lowest BCUT2D eigenvalue weighted by Crippen LogP contribution is -2.02. The Labute approximate surface area is 88.4 Å². The second-order valence-corrected chi connectivity index (χ2v) is 4.26. The monoisotopic (exact) mass is 190 g/mol. The van der Waals surface area contributed by atoms with Gasteiger partial charge in [-0.25, -0.2) is 0 Å². The fourth-order valence-corrected chi connectivity index (χ4v) is 2.03. The Morgan fingerprint density at radius 2 is 2.00 bits per heavy atom. The molecule has 0 saturated carbocycles. The number of aryl methyl sites for hydroxylation is 1. The molecule has 14 heavy (non-hydrogen) atoms. The first-order chi connectivity index (χ1) is 6.76. The van der Waals surface area contributed by atoms with Gasteiger partial charge in [-0.2, -0.15) is 0 Å². The lowest BCUT2D eigenvalue weighted by molar-refractivity contribution is 0.462. The standard InChI is InChI=1S/C14H22/c1-4-7-13(5-2)11-14-9-6-8-12(3)10-14/h6,8-10,13H,4-5,7,11H2,1-3H3. The average Bonchev–Trinajstić information content (AvgIpc) is 2.17. The van der Waals surface area contributed by atoms with E-state index in [4.69, 9.17) is 0 Å². The van der Waals surface area contributed by atoms with Gasteiger partial charge in [-0.1, -0.05) is 62.9 Å². The molecule has 1 unspecified atom stereocenters. The Morgan fingerprint density at radius 3 is 2.57 bits per heavy atom. The van der Waals surface area contributed by atoms with Crippen LogP contribution in [0.25, 0.3) is 0 Å². The van der Waals surface area contributed by atoms with E-state index in [1.54, 1.807) is 0 Å². The van der Waals surface area contributed by atoms with E-state index in [0.717, 1.165) is 5.92 Å². The van der Waals surface area contributed by atoms with Crippen molar-refractivity contribution < 1.29 is 0 Å². The first-order valence-electron chi connectivity index (χ1n) is 5.81. The first-order valence-corrected chi connectivity index (χ1v) is 5.81. The van der Waals surface area contributed by atoms with Crippen molar-refractivity contribution in [3.8, 4) is 0 Å². The van der Waals surface area contributed by atoms with Gasteiger partial charge in [0.05, 0.1) is 0 Å². The summed E-state index contributed by atoms with van der Waals surface area (Å²) in [4.78, 5) is 0. The molecule has 0 bridgehead atoms. The van der Waals surface area contributed by atoms with E-state index in [2.05, 4.69) is 45.0 Å². The topological polar surface area (TPSA) is 0 Å². The van der Waals surface area contributed by atoms with Crippen molar-refractivity contribution in [2.24, 2.45) is 5.92 Å². The van der Waals surface area contributed by atoms with Crippen LogP contribution >= 0.6 is 0 Å². The zero-order chi connectivity index (χ0) is 10.4. The van der Waals surface area contributed by atoms with Crippen LogP contribution in [0.4, 0.5) is 0 Å². The summed E-state index contributed by atoms with van der Waals surface area (Å²) in [5.74, 6) is 0.877. The fraction of sp³-hybridized carbons (Fsp3) is 0.571. The van der Waals surface area contributed by atoms with Crippen molar-refractivity contribution >= 4 is 0 Å². The van der Waals surface area contributed by atoms with Crippen molar-refractivity contribution in [1.82, 2.24) is 0 Å². The van der Waals surface area contributed by atoms with Crippen LogP contribution in [0.5, 0.6) is 0 Å². The molecule has 1 atom stereocenters. The predicted octanol–water partition coefficient (Wildman–Crippen LogP) is 4.36. The van der Waals surface area contributed by atoms with Gasteiger partial charge in [0.15, 0.2) is 0 Å². The molecule has 1 rings (SSSR count). The summed E-state index contributed by atoms with van der Waals surface area (Å²) in [5, 5.41) is 0. The zero-order valence-corrected chi connectivity index (χ0v) is 9.72. The largest absolute Gasteiger partial charge is 0.0654 e. The molecule has 0 heterocycles. The molecule has 0 aromatic heterocycles. The highest BCUT2D eigenvalue weighted by atomic mass is 14.1. The highest BCUT2D eigenvalue weighted by Crippen LogP contribution is 2.17. The third kappa shape index (κ3) is 3.53. The number of hydrogen-bond acceptors (Lipinski definition) is 0. The lowest BCUT2D eigenvalue weighted by Gasteiger charge is -2.13. The molecular weight excluding hydrogens is 168 g/mol. The molecule has 0 amide bonds. The number of rotatable bonds is 5. The minimum absolute atomic E-state index is 0.877. The van der Waals surface area contributed by atoms with E-state index in [-0.39, 0.29) is 0 Å². The molecule has 0 aliphatic heterocycles. The quantitative estimate of drug-likeness (QED) is 0.647. The first kappa shape index (κ1) is 11.3. The molecule has 0 nitrogen and oxygen atoms in total. The molecule has 0 N–H and O–H groups in total. The summed E-state index contributed by atoms with van der Waals surface area (Å²) in [5.41, 5.74) is 2.89. The van der Waals surface area contributed by atoms with E-state index in [1.807, 2.05) is 0 Å². The number of hydrogen-bond donors (Lipinski definition) is 0. The van der Waals surface area contributed by atoms with Crippen molar-refractivity contribution in [3.63, 3.8) is 0 Å². The Bertz CT molecular complexity index is 262. The Kier molecular flexibility index (Phi) is 4.72. The minimum atomic E-state index is 0.877. The van der Waals surface area contributed by atoms with Crippen molar-refractivity contribution in [3.05, 3.63) is 35.4 Å². The van der Waals surface area contributed by atoms with Crippen molar-refractivity contribution in [2.45, 2.75) is 46.5 Å². The Balaban J connectivity index is 2.57. The van der Waals surface area contributed by atoms with Crippen LogP contribution in [0.3, 0.4) is 0 Å². The molecule has 0 aliphatic rings. The van der Waals surface area contributed by atoms with Crippen molar-refractivity contribution in [1.29, 1.82) is 0 Å². The van der Waals surface area contributed by atoms with E-state index >= 15 is 0 Å². The smallest absolute Gasteiger partial charge is 0.0250 e. The van der Waals surface area contributed by atoms with Gasteiger partial charge >= 0.3 is 0 Å². The van der Waals surface area contributed by atoms with Crippen LogP contribution in [0, 0.1) is 12.8 Å². The van der Waals surface area contributed by atoms with Gasteiger partial charge in [0.1, 0.15) is 0 Å². The van der Waals surface area contributed by atoms with Gasteiger partial charge in [-0.05, 0) is 24.8 Å². The molecule has 78 valence electrons. The molecule has 0 radical (unpaired) electrons. The van der Waals surface area contributed by atoms with Crippen LogP contribution in [0.15, 0.2) is 24.3 Å². The highest BCUT2D eigenvalue weighted by Gasteiger charge is 2.05. The maximum Gasteiger partial charge on any atom is -0.0250 e. The lowest BCUT2D eigenvalue weighted by atomic mass is 9.92. The summed E-state index contributed by atoms with van der Waals surface area (Å²) in [7, 11) is 0. The van der Waals surface area contributed by atoms with Gasteiger partial charge in [-0.3, -0.25) is 0 Å². The van der Waals surface area contributed by atoms with E-state index in [9.17, 15) is 0 Å². The van der Waals surface area contributed by atoms with Crippen molar-refractivity contribution in [2.75, 3.05) is 0 Å². The van der Waals surface area contributed by atoms with Gasteiger partial charge < -0.3 is 0 Å². The second kappa shape index (κ2) is 5.85. The van der Waals surface area contributed by atoms with Gasteiger partial charge in [0.2, 0.25) is 0 Å². The van der Waals surface area contributed by atoms with Crippen LogP contribution < -0.4 is 0 Å². The van der Waals surface area contributed by atoms with Crippen LogP contribution in [0.1, 0.15) is 44.2 Å². The van der Waals surface area contributed by atoms with Gasteiger partial charge in [0, 0.05) is 0 Å². The average molecular weight is 190 g/mol. The third-order valence-electron chi connectivity index (χ3n) is 2.88. The van der Waals surface area contributed by atoms with Gasteiger partial charge in [0.25, 0.3) is 0 Å². The Morgan fingerprint density at radius 1 is 1.21 bits per heavy atom. The maximum atomic E-state index is 2.32. The maximum absolute atomic E-state index is 2.32. The normalized spacial score (nSPS) is 12.8. The minimum Gasteiger partial charge on any atom is -0.0654 e. The molecule has 1 aromatic rings. The van der Waals surface area contributed by atoms with Crippen LogP contribution in [-0.2, 0) is 6.42 Å². The highest BCUT2D eigenvalue weighted by molar-refractivity contribution is 5.22. The molecule has 0 heteroatoms. The fourth-order valence-electron chi connectivity index (χ4n) is 2.03. The van der Waals surface area contributed by atoms with E-state index in [0.29, 0.717) is 0 Å². The van der Waals surface area contributed by atoms with E-state index in [1.165, 1.54) is 36.8 Å². The third-order valence-corrected chi connectivity index (χ3v) is 2.88. The molecule has 1 aromatic carbocycles. The summed E-state index contributed by atoms with van der Waals surface area (Å²) in [6.07, 6.45) is 5.24. The zero-order valence-electron chi connectivity index (χ0n) is 9.72. The second-order valence-electron chi connectivity index (χ2n) is 4.26. The molecule has 0 spiro atoms. The predicted molar refractivity (Wildman–Crippen MR) is 63.6 cm³/mol. The SMILES string of the molecule is CCCC(CC)Cc1cccc(C)c1. The molecule has 0 fully saturated rings. The van der Waals surface area contributed by atoms with Crippen LogP contribution in [-0.4, -0.2) is 0 Å². The van der Waals surface area contributed by atoms with Crippen LogP contribution in [0.2, 0.25) is 0 Å². The molecule has 0 aliphatic carbocycles. The number of benzene rings is 1. The van der Waals surface area contributed by atoms with Gasteiger partial charge in [-0.15, -0.1) is 0 Å². The van der Waals surface area contributed by atoms with E-state index < -0.39 is 0 Å². The molecule has 0 saturated heterocycles. The summed E-state index contributed by atoms with van der Waals surface area (Å²) in [6, 6.07) is 8.91. The summed E-state index contributed by atoms with van der Waals surface area (Å²) >= 11 is 0. The summed E-state index contributed by atoms with van der Waals surface area (Å²) in [6.45, 7) is 6.75. The Hall–Kier alpha value is -0.780.